The third-order valence-corrected chi connectivity index (χ3v) is 2.45. The summed E-state index contributed by atoms with van der Waals surface area (Å²) in [5.74, 6) is -1.20. The molecule has 0 aromatic carbocycles. The first-order chi connectivity index (χ1) is 7.63. The number of amides is 1. The molecule has 1 unspecified atom stereocenters. The molecule has 0 aromatic rings. The number of carboxylic acids is 1. The van der Waals surface area contributed by atoms with Crippen LogP contribution in [0.25, 0.3) is 0 Å². The summed E-state index contributed by atoms with van der Waals surface area (Å²) in [6.45, 7) is 4.18. The van der Waals surface area contributed by atoms with Crippen LogP contribution in [0.5, 0.6) is 0 Å². The summed E-state index contributed by atoms with van der Waals surface area (Å²) in [6, 6.07) is 0. The standard InChI is InChI=1S/C11H17NO4/c1-2-5-12(8-11(14)15)10(13)7-9-4-3-6-16-9/h2,9H,1,3-8H2,(H,14,15). The molecule has 1 aliphatic rings. The van der Waals surface area contributed by atoms with E-state index in [1.807, 2.05) is 0 Å². The van der Waals surface area contributed by atoms with Gasteiger partial charge in [-0.1, -0.05) is 6.08 Å². The molecule has 1 aliphatic heterocycles. The van der Waals surface area contributed by atoms with Crippen molar-refractivity contribution in [3.05, 3.63) is 12.7 Å². The first-order valence-corrected chi connectivity index (χ1v) is 5.35. The number of carbonyl (C=O) groups is 2. The van der Waals surface area contributed by atoms with E-state index in [2.05, 4.69) is 6.58 Å². The number of ether oxygens (including phenoxy) is 1. The molecule has 1 heterocycles. The number of hydrogen-bond acceptors (Lipinski definition) is 3. The fourth-order valence-electron chi connectivity index (χ4n) is 1.70. The van der Waals surface area contributed by atoms with E-state index in [-0.39, 0.29) is 31.5 Å². The Morgan fingerprint density at radius 1 is 1.56 bits per heavy atom. The number of hydrogen-bond donors (Lipinski definition) is 1. The zero-order valence-electron chi connectivity index (χ0n) is 9.22. The molecule has 5 nitrogen and oxygen atoms in total. The summed E-state index contributed by atoms with van der Waals surface area (Å²) in [4.78, 5) is 23.6. The molecule has 1 fully saturated rings. The molecule has 0 aliphatic carbocycles. The summed E-state index contributed by atoms with van der Waals surface area (Å²) < 4.78 is 5.34. The minimum absolute atomic E-state index is 0.0476. The molecule has 90 valence electrons. The van der Waals surface area contributed by atoms with Gasteiger partial charge in [-0.05, 0) is 12.8 Å². The Balaban J connectivity index is 2.45. The van der Waals surface area contributed by atoms with E-state index in [1.165, 1.54) is 11.0 Å². The minimum atomic E-state index is -1.01. The highest BCUT2D eigenvalue weighted by Gasteiger charge is 2.23. The highest BCUT2D eigenvalue weighted by molar-refractivity contribution is 5.81. The summed E-state index contributed by atoms with van der Waals surface area (Å²) in [5.41, 5.74) is 0. The van der Waals surface area contributed by atoms with Crippen molar-refractivity contribution in [2.45, 2.75) is 25.4 Å². The first-order valence-electron chi connectivity index (χ1n) is 5.35. The van der Waals surface area contributed by atoms with Crippen molar-refractivity contribution in [2.75, 3.05) is 19.7 Å². The van der Waals surface area contributed by atoms with Gasteiger partial charge in [0, 0.05) is 13.2 Å². The van der Waals surface area contributed by atoms with Gasteiger partial charge in [-0.3, -0.25) is 9.59 Å². The van der Waals surface area contributed by atoms with Crippen molar-refractivity contribution in [3.8, 4) is 0 Å². The van der Waals surface area contributed by atoms with Gasteiger partial charge in [0.25, 0.3) is 0 Å². The van der Waals surface area contributed by atoms with Gasteiger partial charge in [0.05, 0.1) is 12.5 Å². The molecular formula is C11H17NO4. The van der Waals surface area contributed by atoms with Crippen LogP contribution in [-0.4, -0.2) is 47.7 Å². The van der Waals surface area contributed by atoms with Crippen LogP contribution >= 0.6 is 0 Å². The average molecular weight is 227 g/mol. The highest BCUT2D eigenvalue weighted by atomic mass is 16.5. The maximum atomic E-state index is 11.8. The lowest BCUT2D eigenvalue weighted by Crippen LogP contribution is -2.37. The van der Waals surface area contributed by atoms with Crippen molar-refractivity contribution < 1.29 is 19.4 Å². The summed E-state index contributed by atoms with van der Waals surface area (Å²) >= 11 is 0. The Morgan fingerprint density at radius 2 is 2.31 bits per heavy atom. The molecule has 16 heavy (non-hydrogen) atoms. The number of nitrogens with zero attached hydrogens (tertiary/aromatic N) is 1. The van der Waals surface area contributed by atoms with Crippen LogP contribution in [0.2, 0.25) is 0 Å². The van der Waals surface area contributed by atoms with E-state index in [1.54, 1.807) is 0 Å². The van der Waals surface area contributed by atoms with Crippen LogP contribution in [0.1, 0.15) is 19.3 Å². The molecule has 1 rings (SSSR count). The molecule has 1 amide bonds. The largest absolute Gasteiger partial charge is 0.480 e. The SMILES string of the molecule is C=CCN(CC(=O)O)C(=O)CC1CCCO1. The number of carboxylic acid groups (broad SMARTS) is 1. The average Bonchev–Trinajstić information content (AvgIpc) is 2.69. The zero-order valence-corrected chi connectivity index (χ0v) is 9.22. The van der Waals surface area contributed by atoms with Gasteiger partial charge in [-0.25, -0.2) is 0 Å². The Hall–Kier alpha value is -1.36. The topological polar surface area (TPSA) is 66.8 Å². The van der Waals surface area contributed by atoms with Crippen LogP contribution in [0.3, 0.4) is 0 Å². The number of aliphatic carboxylic acids is 1. The second kappa shape index (κ2) is 6.27. The minimum Gasteiger partial charge on any atom is -0.480 e. The van der Waals surface area contributed by atoms with E-state index < -0.39 is 5.97 Å². The van der Waals surface area contributed by atoms with E-state index in [0.29, 0.717) is 6.61 Å². The molecule has 0 bridgehead atoms. The Labute approximate surface area is 94.7 Å². The lowest BCUT2D eigenvalue weighted by atomic mass is 10.1. The van der Waals surface area contributed by atoms with Gasteiger partial charge in [0.2, 0.25) is 5.91 Å². The molecule has 1 saturated heterocycles. The number of carbonyl (C=O) groups excluding carboxylic acids is 1. The molecular weight excluding hydrogens is 210 g/mol. The van der Waals surface area contributed by atoms with Crippen molar-refractivity contribution in [3.63, 3.8) is 0 Å². The van der Waals surface area contributed by atoms with Gasteiger partial charge < -0.3 is 14.7 Å². The van der Waals surface area contributed by atoms with Crippen LogP contribution in [0, 0.1) is 0 Å². The molecule has 0 saturated carbocycles. The Kier molecular flexibility index (Phi) is 4.98. The summed E-state index contributed by atoms with van der Waals surface area (Å²) in [5, 5.41) is 8.66. The van der Waals surface area contributed by atoms with E-state index in [0.717, 1.165) is 12.8 Å². The zero-order chi connectivity index (χ0) is 12.0. The van der Waals surface area contributed by atoms with Gasteiger partial charge >= 0.3 is 5.97 Å². The second-order valence-electron chi connectivity index (χ2n) is 3.80. The molecule has 5 heteroatoms. The highest BCUT2D eigenvalue weighted by Crippen LogP contribution is 2.16. The van der Waals surface area contributed by atoms with Gasteiger partial charge in [0.15, 0.2) is 0 Å². The van der Waals surface area contributed by atoms with Crippen molar-refractivity contribution in [2.24, 2.45) is 0 Å². The lowest BCUT2D eigenvalue weighted by molar-refractivity contribution is -0.145. The maximum Gasteiger partial charge on any atom is 0.323 e. The lowest BCUT2D eigenvalue weighted by Gasteiger charge is -2.20. The van der Waals surface area contributed by atoms with Crippen LogP contribution < -0.4 is 0 Å². The van der Waals surface area contributed by atoms with Crippen LogP contribution in [-0.2, 0) is 14.3 Å². The van der Waals surface area contributed by atoms with Crippen LogP contribution in [0.15, 0.2) is 12.7 Å². The number of rotatable bonds is 6. The summed E-state index contributed by atoms with van der Waals surface area (Å²) in [6.07, 6.45) is 3.59. The molecule has 1 N–H and O–H groups in total. The smallest absolute Gasteiger partial charge is 0.323 e. The van der Waals surface area contributed by atoms with Gasteiger partial charge in [0.1, 0.15) is 6.54 Å². The van der Waals surface area contributed by atoms with E-state index >= 15 is 0 Å². The fraction of sp³-hybridized carbons (Fsp3) is 0.636. The normalized spacial score (nSPS) is 19.4. The molecule has 0 aromatic heterocycles. The van der Waals surface area contributed by atoms with E-state index in [9.17, 15) is 9.59 Å². The molecule has 0 radical (unpaired) electrons. The third-order valence-electron chi connectivity index (χ3n) is 2.45. The van der Waals surface area contributed by atoms with Crippen molar-refractivity contribution >= 4 is 11.9 Å². The fourth-order valence-corrected chi connectivity index (χ4v) is 1.70. The quantitative estimate of drug-likeness (QED) is 0.677. The third kappa shape index (κ3) is 4.02. The molecule has 0 spiro atoms. The van der Waals surface area contributed by atoms with Crippen molar-refractivity contribution in [1.82, 2.24) is 4.90 Å². The van der Waals surface area contributed by atoms with Gasteiger partial charge in [-0.2, -0.15) is 0 Å². The van der Waals surface area contributed by atoms with Crippen molar-refractivity contribution in [1.29, 1.82) is 0 Å². The monoisotopic (exact) mass is 227 g/mol. The second-order valence-corrected chi connectivity index (χ2v) is 3.80. The predicted molar refractivity (Wildman–Crippen MR) is 58.0 cm³/mol. The Morgan fingerprint density at radius 3 is 2.81 bits per heavy atom. The maximum absolute atomic E-state index is 11.8. The Bertz CT molecular complexity index is 271. The first kappa shape index (κ1) is 12.7. The van der Waals surface area contributed by atoms with Gasteiger partial charge in [-0.15, -0.1) is 6.58 Å². The van der Waals surface area contributed by atoms with Crippen LogP contribution in [0.4, 0.5) is 0 Å². The predicted octanol–water partition coefficient (Wildman–Crippen LogP) is 0.655. The molecule has 1 atom stereocenters. The van der Waals surface area contributed by atoms with E-state index in [4.69, 9.17) is 9.84 Å². The summed E-state index contributed by atoms with van der Waals surface area (Å²) in [7, 11) is 0.